The minimum atomic E-state index is -0.947. The summed E-state index contributed by atoms with van der Waals surface area (Å²) in [5.41, 5.74) is 1.31. The Balaban J connectivity index is 2.66. The summed E-state index contributed by atoms with van der Waals surface area (Å²) in [5.74, 6) is -2.37. The standard InChI is InChI=1S/C18H23NO4/c1-3-14(15-6-8-16(9-7-15)18(22)23)5-4-13(11-19)10-12(2)17(20)21/h6-9,12-14H,3-5,10H2,1-2H3,(H,20,21)(H,22,23). The van der Waals surface area contributed by atoms with Crippen LogP contribution in [0.4, 0.5) is 0 Å². The van der Waals surface area contributed by atoms with E-state index in [-0.39, 0.29) is 17.4 Å². The van der Waals surface area contributed by atoms with Gasteiger partial charge in [-0.05, 0) is 49.3 Å². The van der Waals surface area contributed by atoms with Crippen molar-refractivity contribution in [2.45, 2.75) is 45.4 Å². The molecule has 124 valence electrons. The lowest BCUT2D eigenvalue weighted by Crippen LogP contribution is -2.14. The van der Waals surface area contributed by atoms with Crippen molar-refractivity contribution in [3.8, 4) is 6.07 Å². The van der Waals surface area contributed by atoms with Gasteiger partial charge in [-0.2, -0.15) is 5.26 Å². The number of aliphatic carboxylic acids is 1. The van der Waals surface area contributed by atoms with Crippen molar-refractivity contribution in [3.63, 3.8) is 0 Å². The highest BCUT2D eigenvalue weighted by Crippen LogP contribution is 2.28. The Kier molecular flexibility index (Phi) is 7.27. The Morgan fingerprint density at radius 1 is 1.17 bits per heavy atom. The molecular weight excluding hydrogens is 294 g/mol. The molecule has 0 aliphatic heterocycles. The van der Waals surface area contributed by atoms with Crippen molar-refractivity contribution < 1.29 is 19.8 Å². The van der Waals surface area contributed by atoms with Crippen LogP contribution in [0, 0.1) is 23.2 Å². The highest BCUT2D eigenvalue weighted by Gasteiger charge is 2.20. The van der Waals surface area contributed by atoms with Gasteiger partial charge in [-0.15, -0.1) is 0 Å². The van der Waals surface area contributed by atoms with Crippen molar-refractivity contribution in [2.75, 3.05) is 0 Å². The Morgan fingerprint density at radius 2 is 1.78 bits per heavy atom. The van der Waals surface area contributed by atoms with Crippen molar-refractivity contribution in [1.82, 2.24) is 0 Å². The minimum Gasteiger partial charge on any atom is -0.481 e. The van der Waals surface area contributed by atoms with Crippen LogP contribution in [0.2, 0.25) is 0 Å². The van der Waals surface area contributed by atoms with E-state index >= 15 is 0 Å². The second kappa shape index (κ2) is 8.94. The minimum absolute atomic E-state index is 0.244. The first-order valence-corrected chi connectivity index (χ1v) is 7.84. The maximum Gasteiger partial charge on any atom is 0.335 e. The van der Waals surface area contributed by atoms with Gasteiger partial charge >= 0.3 is 11.9 Å². The molecule has 0 heterocycles. The fourth-order valence-corrected chi connectivity index (χ4v) is 2.67. The summed E-state index contributed by atoms with van der Waals surface area (Å²) in [4.78, 5) is 21.8. The summed E-state index contributed by atoms with van der Waals surface area (Å²) in [6.07, 6.45) is 2.68. The van der Waals surface area contributed by atoms with E-state index in [1.807, 2.05) is 12.1 Å². The van der Waals surface area contributed by atoms with Crippen molar-refractivity contribution in [3.05, 3.63) is 35.4 Å². The molecule has 5 nitrogen and oxygen atoms in total. The summed E-state index contributed by atoms with van der Waals surface area (Å²) in [7, 11) is 0. The average molecular weight is 317 g/mol. The molecule has 1 aromatic carbocycles. The van der Waals surface area contributed by atoms with E-state index < -0.39 is 17.9 Å². The van der Waals surface area contributed by atoms with Crippen LogP contribution in [0.15, 0.2) is 24.3 Å². The third-order valence-electron chi connectivity index (χ3n) is 4.23. The largest absolute Gasteiger partial charge is 0.481 e. The Hall–Kier alpha value is -2.35. The van der Waals surface area contributed by atoms with Gasteiger partial charge in [-0.1, -0.05) is 26.0 Å². The molecule has 0 radical (unpaired) electrons. The molecular formula is C18H23NO4. The van der Waals surface area contributed by atoms with Gasteiger partial charge in [-0.3, -0.25) is 4.79 Å². The first-order chi connectivity index (χ1) is 10.9. The zero-order valence-electron chi connectivity index (χ0n) is 13.5. The molecule has 23 heavy (non-hydrogen) atoms. The van der Waals surface area contributed by atoms with Crippen LogP contribution in [0.25, 0.3) is 0 Å². The third kappa shape index (κ3) is 5.74. The first-order valence-electron chi connectivity index (χ1n) is 7.84. The molecule has 0 bridgehead atoms. The van der Waals surface area contributed by atoms with Crippen molar-refractivity contribution in [1.29, 1.82) is 5.26 Å². The molecule has 2 N–H and O–H groups in total. The quantitative estimate of drug-likeness (QED) is 0.719. The van der Waals surface area contributed by atoms with Crippen LogP contribution in [-0.2, 0) is 4.79 Å². The fourth-order valence-electron chi connectivity index (χ4n) is 2.67. The maximum atomic E-state index is 10.9. The molecule has 1 aromatic rings. The van der Waals surface area contributed by atoms with E-state index in [0.29, 0.717) is 12.8 Å². The van der Waals surface area contributed by atoms with Gasteiger partial charge in [0.05, 0.1) is 17.6 Å². The van der Waals surface area contributed by atoms with Crippen LogP contribution >= 0.6 is 0 Å². The van der Waals surface area contributed by atoms with Crippen LogP contribution in [0.5, 0.6) is 0 Å². The molecule has 0 spiro atoms. The molecule has 5 heteroatoms. The number of aromatic carboxylic acids is 1. The van der Waals surface area contributed by atoms with Gasteiger partial charge in [0.2, 0.25) is 0 Å². The van der Waals surface area contributed by atoms with E-state index in [1.54, 1.807) is 19.1 Å². The summed E-state index contributed by atoms with van der Waals surface area (Å²) >= 11 is 0. The van der Waals surface area contributed by atoms with E-state index in [0.717, 1.165) is 18.4 Å². The zero-order chi connectivity index (χ0) is 17.4. The monoisotopic (exact) mass is 317 g/mol. The number of nitrogens with zero attached hydrogens (tertiary/aromatic N) is 1. The molecule has 0 fully saturated rings. The van der Waals surface area contributed by atoms with Gasteiger partial charge in [0, 0.05) is 5.92 Å². The highest BCUT2D eigenvalue weighted by molar-refractivity contribution is 5.87. The third-order valence-corrected chi connectivity index (χ3v) is 4.23. The lowest BCUT2D eigenvalue weighted by Gasteiger charge is -2.18. The maximum absolute atomic E-state index is 10.9. The zero-order valence-corrected chi connectivity index (χ0v) is 13.5. The number of benzene rings is 1. The Morgan fingerprint density at radius 3 is 2.22 bits per heavy atom. The van der Waals surface area contributed by atoms with Crippen LogP contribution in [-0.4, -0.2) is 22.2 Å². The summed E-state index contributed by atoms with van der Waals surface area (Å²) < 4.78 is 0. The Bertz CT molecular complexity index is 574. The van der Waals surface area contributed by atoms with E-state index in [1.165, 1.54) is 0 Å². The van der Waals surface area contributed by atoms with Crippen molar-refractivity contribution in [2.24, 2.45) is 11.8 Å². The average Bonchev–Trinajstić information content (AvgIpc) is 2.54. The fraction of sp³-hybridized carbons (Fsp3) is 0.500. The molecule has 0 amide bonds. The summed E-state index contributed by atoms with van der Waals surface area (Å²) in [6, 6.07) is 9.02. The molecule has 0 aliphatic rings. The summed E-state index contributed by atoms with van der Waals surface area (Å²) in [5, 5.41) is 27.1. The van der Waals surface area contributed by atoms with E-state index in [9.17, 15) is 14.9 Å². The number of rotatable bonds is 9. The highest BCUT2D eigenvalue weighted by atomic mass is 16.4. The Labute approximate surface area is 136 Å². The molecule has 3 atom stereocenters. The molecule has 1 rings (SSSR count). The van der Waals surface area contributed by atoms with Gasteiger partial charge in [-0.25, -0.2) is 4.79 Å². The van der Waals surface area contributed by atoms with Crippen LogP contribution in [0.1, 0.15) is 61.4 Å². The molecule has 0 saturated heterocycles. The second-order valence-electron chi connectivity index (χ2n) is 5.91. The number of hydrogen-bond donors (Lipinski definition) is 2. The lowest BCUT2D eigenvalue weighted by atomic mass is 9.86. The van der Waals surface area contributed by atoms with Gasteiger partial charge in [0.25, 0.3) is 0 Å². The number of nitriles is 1. The van der Waals surface area contributed by atoms with Gasteiger partial charge < -0.3 is 10.2 Å². The molecule has 0 aromatic heterocycles. The summed E-state index contributed by atoms with van der Waals surface area (Å²) in [6.45, 7) is 3.67. The first kappa shape index (κ1) is 18.7. The molecule has 0 aliphatic carbocycles. The predicted octanol–water partition coefficient (Wildman–Crippen LogP) is 3.91. The lowest BCUT2D eigenvalue weighted by molar-refractivity contribution is -0.141. The SMILES string of the molecule is CCC(CCC(C#N)CC(C)C(=O)O)c1ccc(C(=O)O)cc1. The van der Waals surface area contributed by atoms with Gasteiger partial charge in [0.1, 0.15) is 0 Å². The second-order valence-corrected chi connectivity index (χ2v) is 5.91. The topological polar surface area (TPSA) is 98.4 Å². The number of carbonyl (C=O) groups is 2. The number of carboxylic acid groups (broad SMARTS) is 2. The number of hydrogen-bond acceptors (Lipinski definition) is 3. The normalized spacial score (nSPS) is 14.5. The van der Waals surface area contributed by atoms with Gasteiger partial charge in [0.15, 0.2) is 0 Å². The van der Waals surface area contributed by atoms with Crippen molar-refractivity contribution >= 4 is 11.9 Å². The van der Waals surface area contributed by atoms with E-state index in [4.69, 9.17) is 10.2 Å². The number of carboxylic acids is 2. The van der Waals surface area contributed by atoms with Crippen LogP contribution in [0.3, 0.4) is 0 Å². The van der Waals surface area contributed by atoms with E-state index in [2.05, 4.69) is 13.0 Å². The smallest absolute Gasteiger partial charge is 0.335 e. The predicted molar refractivity (Wildman–Crippen MR) is 86.2 cm³/mol. The molecule has 3 unspecified atom stereocenters. The van der Waals surface area contributed by atoms with Crippen LogP contribution < -0.4 is 0 Å². The molecule has 0 saturated carbocycles.